The van der Waals surface area contributed by atoms with Gasteiger partial charge in [-0.05, 0) is 0 Å². The first kappa shape index (κ1) is 15.2. The fourth-order valence-corrected chi connectivity index (χ4v) is 0.630. The maximum atomic E-state index is 10.6. The van der Waals surface area contributed by atoms with Crippen LogP contribution in [-0.2, 0) is 4.79 Å². The highest BCUT2D eigenvalue weighted by Gasteiger charge is 2.28. The molecule has 0 saturated heterocycles. The number of carbonyl (C=O) groups is 1. The van der Waals surface area contributed by atoms with Crippen LogP contribution in [0, 0.1) is 0 Å². The van der Waals surface area contributed by atoms with Crippen molar-refractivity contribution in [1.29, 1.82) is 0 Å². The van der Waals surface area contributed by atoms with Crippen LogP contribution in [0.2, 0.25) is 0 Å². The molecule has 0 aromatic rings. The van der Waals surface area contributed by atoms with Gasteiger partial charge in [0.25, 0.3) is 0 Å². The third kappa shape index (κ3) is 4.51. The van der Waals surface area contributed by atoms with Gasteiger partial charge in [0.2, 0.25) is 0 Å². The number of nitrogens with two attached hydrogens (primary N) is 1. The lowest BCUT2D eigenvalue weighted by Crippen LogP contribution is -2.45. The fourth-order valence-electron chi connectivity index (χ4n) is 0.630. The highest BCUT2D eigenvalue weighted by Crippen LogP contribution is 2.00. The Kier molecular flexibility index (Phi) is 8.43. The Morgan fingerprint density at radius 2 is 1.77 bits per heavy atom. The normalized spacial score (nSPS) is 17.0. The monoisotopic (exact) mass is 215 g/mol. The molecule has 0 bridgehead atoms. The van der Waals surface area contributed by atoms with Gasteiger partial charge in [0, 0.05) is 0 Å². The molecule has 0 aromatic carbocycles. The van der Waals surface area contributed by atoms with E-state index in [1.807, 2.05) is 0 Å². The van der Waals surface area contributed by atoms with Crippen molar-refractivity contribution in [2.45, 2.75) is 18.3 Å². The summed E-state index contributed by atoms with van der Waals surface area (Å²) < 4.78 is 0. The van der Waals surface area contributed by atoms with Crippen molar-refractivity contribution in [3.8, 4) is 0 Å². The van der Waals surface area contributed by atoms with Crippen molar-refractivity contribution in [3.63, 3.8) is 0 Å². The molecule has 0 spiro atoms. The molecule has 0 fully saturated rings. The molecular formula is C6H14ClNO5. The van der Waals surface area contributed by atoms with E-state index in [9.17, 15) is 4.79 Å². The summed E-state index contributed by atoms with van der Waals surface area (Å²) in [5.41, 5.74) is 4.89. The molecular weight excluding hydrogens is 202 g/mol. The Morgan fingerprint density at radius 3 is 2.08 bits per heavy atom. The molecule has 0 aliphatic carbocycles. The molecule has 13 heavy (non-hydrogen) atoms. The number of aliphatic hydroxyl groups is 4. The number of rotatable bonds is 5. The van der Waals surface area contributed by atoms with E-state index in [0.717, 1.165) is 0 Å². The molecule has 0 radical (unpaired) electrons. The van der Waals surface area contributed by atoms with Crippen molar-refractivity contribution in [3.05, 3.63) is 0 Å². The van der Waals surface area contributed by atoms with Crippen molar-refractivity contribution in [2.75, 3.05) is 13.2 Å². The minimum atomic E-state index is -1.74. The summed E-state index contributed by atoms with van der Waals surface area (Å²) in [7, 11) is 0. The smallest absolute Gasteiger partial charge is 0.177 e. The van der Waals surface area contributed by atoms with Crippen molar-refractivity contribution < 1.29 is 25.2 Å². The average molecular weight is 216 g/mol. The van der Waals surface area contributed by atoms with Gasteiger partial charge in [-0.15, -0.1) is 12.4 Å². The van der Waals surface area contributed by atoms with Crippen LogP contribution in [0.1, 0.15) is 0 Å². The van der Waals surface area contributed by atoms with Crippen molar-refractivity contribution in [2.24, 2.45) is 5.73 Å². The zero-order valence-corrected chi connectivity index (χ0v) is 7.65. The van der Waals surface area contributed by atoms with Crippen LogP contribution < -0.4 is 5.73 Å². The molecule has 0 amide bonds. The number of aliphatic hydroxyl groups excluding tert-OH is 4. The average Bonchev–Trinajstić information content (AvgIpc) is 2.12. The van der Waals surface area contributed by atoms with Crippen LogP contribution in [-0.4, -0.2) is 57.7 Å². The second-order valence-electron chi connectivity index (χ2n) is 2.36. The van der Waals surface area contributed by atoms with Gasteiger partial charge in [-0.1, -0.05) is 0 Å². The van der Waals surface area contributed by atoms with Crippen LogP contribution in [0.3, 0.4) is 0 Å². The number of hydrogen-bond acceptors (Lipinski definition) is 6. The second kappa shape index (κ2) is 7.19. The van der Waals surface area contributed by atoms with Crippen LogP contribution in [0.4, 0.5) is 0 Å². The summed E-state index contributed by atoms with van der Waals surface area (Å²) in [6, 6.07) is 0. The standard InChI is InChI=1S/C6H13NO5.ClH/c7-1-3(9)5(11)6(12)4(10)2-8;/h4-6,8,10-12H,1-2,7H2;1H/t4-,5-,6-;/m1./s1. The minimum absolute atomic E-state index is 0. The molecule has 6 nitrogen and oxygen atoms in total. The van der Waals surface area contributed by atoms with Gasteiger partial charge < -0.3 is 26.2 Å². The van der Waals surface area contributed by atoms with Gasteiger partial charge in [-0.2, -0.15) is 0 Å². The summed E-state index contributed by atoms with van der Waals surface area (Å²) in [5.74, 6) is -0.782. The SMILES string of the molecule is Cl.NCC(=O)[C@@H](O)[C@H](O)[C@H](O)CO. The second-order valence-corrected chi connectivity index (χ2v) is 2.36. The van der Waals surface area contributed by atoms with Gasteiger partial charge >= 0.3 is 0 Å². The highest BCUT2D eigenvalue weighted by atomic mass is 35.5. The van der Waals surface area contributed by atoms with E-state index in [0.29, 0.717) is 0 Å². The van der Waals surface area contributed by atoms with Gasteiger partial charge in [0.1, 0.15) is 18.3 Å². The first-order valence-electron chi connectivity index (χ1n) is 3.42. The van der Waals surface area contributed by atoms with E-state index in [4.69, 9.17) is 26.2 Å². The van der Waals surface area contributed by atoms with E-state index >= 15 is 0 Å². The summed E-state index contributed by atoms with van der Waals surface area (Å²) in [6.07, 6.45) is -4.96. The van der Waals surface area contributed by atoms with E-state index < -0.39 is 37.2 Å². The fraction of sp³-hybridized carbons (Fsp3) is 0.833. The number of halogens is 1. The lowest BCUT2D eigenvalue weighted by Gasteiger charge is -2.19. The van der Waals surface area contributed by atoms with E-state index in [1.165, 1.54) is 0 Å². The molecule has 0 heterocycles. The van der Waals surface area contributed by atoms with Crippen molar-refractivity contribution in [1.82, 2.24) is 0 Å². The first-order valence-corrected chi connectivity index (χ1v) is 3.42. The predicted molar refractivity (Wildman–Crippen MR) is 46.4 cm³/mol. The number of ketones is 1. The maximum Gasteiger partial charge on any atom is 0.177 e. The predicted octanol–water partition coefficient (Wildman–Crippen LogP) is -2.99. The van der Waals surface area contributed by atoms with Crippen LogP contribution in [0.15, 0.2) is 0 Å². The lowest BCUT2D eigenvalue weighted by atomic mass is 10.1. The maximum absolute atomic E-state index is 10.6. The molecule has 80 valence electrons. The third-order valence-corrected chi connectivity index (χ3v) is 1.44. The number of Topliss-reactive ketones (excluding diaryl/α,β-unsaturated/α-hetero) is 1. The van der Waals surface area contributed by atoms with Crippen molar-refractivity contribution >= 4 is 18.2 Å². The summed E-state index contributed by atoms with van der Waals surface area (Å²) >= 11 is 0. The molecule has 6 N–H and O–H groups in total. The Labute approximate surface area is 81.4 Å². The van der Waals surface area contributed by atoms with Gasteiger partial charge in [0.05, 0.1) is 13.2 Å². The highest BCUT2D eigenvalue weighted by molar-refractivity contribution is 5.85. The molecule has 0 rings (SSSR count). The molecule has 0 aliphatic heterocycles. The number of hydrogen-bond donors (Lipinski definition) is 5. The van der Waals surface area contributed by atoms with E-state index in [2.05, 4.69) is 0 Å². The molecule has 0 saturated carbocycles. The molecule has 3 atom stereocenters. The van der Waals surface area contributed by atoms with E-state index in [1.54, 1.807) is 0 Å². The molecule has 7 heteroatoms. The summed E-state index contributed by atoms with van der Waals surface area (Å²) in [6.45, 7) is -1.15. The van der Waals surface area contributed by atoms with Crippen LogP contribution in [0.5, 0.6) is 0 Å². The molecule has 0 aromatic heterocycles. The van der Waals surface area contributed by atoms with Gasteiger partial charge in [-0.25, -0.2) is 0 Å². The Balaban J connectivity index is 0. The van der Waals surface area contributed by atoms with Gasteiger partial charge in [0.15, 0.2) is 5.78 Å². The zero-order chi connectivity index (χ0) is 9.72. The number of carbonyl (C=O) groups excluding carboxylic acids is 1. The van der Waals surface area contributed by atoms with Crippen LogP contribution >= 0.6 is 12.4 Å². The minimum Gasteiger partial charge on any atom is -0.394 e. The molecule has 0 unspecified atom stereocenters. The Bertz CT molecular complexity index is 156. The Hall–Kier alpha value is -0.240. The quantitative estimate of drug-likeness (QED) is 0.333. The third-order valence-electron chi connectivity index (χ3n) is 1.44. The topological polar surface area (TPSA) is 124 Å². The zero-order valence-electron chi connectivity index (χ0n) is 6.83. The summed E-state index contributed by atoms with van der Waals surface area (Å²) in [5, 5.41) is 35.0. The first-order chi connectivity index (χ1) is 5.54. The largest absolute Gasteiger partial charge is 0.394 e. The lowest BCUT2D eigenvalue weighted by molar-refractivity contribution is -0.138. The molecule has 0 aliphatic rings. The van der Waals surface area contributed by atoms with Gasteiger partial charge in [-0.3, -0.25) is 4.79 Å². The Morgan fingerprint density at radius 1 is 1.31 bits per heavy atom. The summed E-state index contributed by atoms with van der Waals surface area (Å²) in [4.78, 5) is 10.6. The van der Waals surface area contributed by atoms with E-state index in [-0.39, 0.29) is 12.4 Å². The van der Waals surface area contributed by atoms with Crippen LogP contribution in [0.25, 0.3) is 0 Å².